The van der Waals surface area contributed by atoms with Crippen molar-refractivity contribution in [1.82, 2.24) is 0 Å². The molecule has 0 spiro atoms. The molecule has 72 valence electrons. The van der Waals surface area contributed by atoms with Gasteiger partial charge in [-0.2, -0.15) is 0 Å². The minimum atomic E-state index is -2.82. The van der Waals surface area contributed by atoms with Crippen LogP contribution in [0, 0.1) is 0 Å². The first-order chi connectivity index (χ1) is 6.01. The van der Waals surface area contributed by atoms with Crippen LogP contribution in [0.5, 0.6) is 0 Å². The summed E-state index contributed by atoms with van der Waals surface area (Å²) in [5.74, 6) is 0. The van der Waals surface area contributed by atoms with Crippen molar-refractivity contribution in [3.05, 3.63) is 29.8 Å². The van der Waals surface area contributed by atoms with Gasteiger partial charge in [0.15, 0.2) is 0 Å². The molecule has 1 aromatic carbocycles. The molecule has 0 amide bonds. The molecule has 1 unspecified atom stereocenters. The number of hydrogen-bond acceptors (Lipinski definition) is 3. The molecule has 1 aromatic rings. The van der Waals surface area contributed by atoms with Gasteiger partial charge in [-0.1, -0.05) is 0 Å². The molecule has 0 aliphatic rings. The van der Waals surface area contributed by atoms with Crippen LogP contribution in [0.2, 0.25) is 0 Å². The molecule has 0 heterocycles. The van der Waals surface area contributed by atoms with E-state index in [4.69, 9.17) is 5.73 Å². The van der Waals surface area contributed by atoms with Crippen LogP contribution in [0.4, 0.5) is 0 Å². The zero-order valence-electron chi connectivity index (χ0n) is 7.32. The number of nitrogens with two attached hydrogens (primary N) is 1. The van der Waals surface area contributed by atoms with Gasteiger partial charge in [-0.3, -0.25) is 0 Å². The van der Waals surface area contributed by atoms with E-state index in [1.807, 2.05) is 24.3 Å². The summed E-state index contributed by atoms with van der Waals surface area (Å²) in [6.45, 7) is 0.462. The van der Waals surface area contributed by atoms with E-state index in [-0.39, 0.29) is 0 Å². The summed E-state index contributed by atoms with van der Waals surface area (Å²) in [5.41, 5.74) is 6.44. The Morgan fingerprint density at radius 2 is 2.15 bits per heavy atom. The van der Waals surface area contributed by atoms with Gasteiger partial charge in [0.05, 0.1) is 0 Å². The van der Waals surface area contributed by atoms with Gasteiger partial charge in [-0.25, -0.2) is 0 Å². The fourth-order valence-corrected chi connectivity index (χ4v) is 5.62. The summed E-state index contributed by atoms with van der Waals surface area (Å²) in [5, 5.41) is 0. The first kappa shape index (κ1) is 10.8. The van der Waals surface area contributed by atoms with Crippen LogP contribution in [0.15, 0.2) is 24.3 Å². The Hall–Kier alpha value is -0.312. The molecule has 3 nitrogen and oxygen atoms in total. The van der Waals surface area contributed by atoms with Crippen LogP contribution in [0.25, 0.3) is 0 Å². The molecule has 1 atom stereocenters. The average Bonchev–Trinajstić information content (AvgIpc) is 2.01. The topological polar surface area (TPSA) is 60.2 Å². The molecule has 13 heavy (non-hydrogen) atoms. The normalized spacial score (nSPS) is 12.5. The molecule has 2 N–H and O–H groups in total. The van der Waals surface area contributed by atoms with Crippen molar-refractivity contribution in [2.24, 2.45) is 5.73 Å². The second-order valence-corrected chi connectivity index (χ2v) is 11.7. The van der Waals surface area contributed by atoms with Crippen molar-refractivity contribution in [1.29, 1.82) is 0 Å². The van der Waals surface area contributed by atoms with Crippen molar-refractivity contribution >= 4 is 27.0 Å². The fourth-order valence-electron chi connectivity index (χ4n) is 0.976. The van der Waals surface area contributed by atoms with Gasteiger partial charge < -0.3 is 0 Å². The Morgan fingerprint density at radius 1 is 1.46 bits per heavy atom. The monoisotopic (exact) mass is 261 g/mol. The molecule has 0 bridgehead atoms. The van der Waals surface area contributed by atoms with E-state index in [2.05, 4.69) is 0 Å². The summed E-state index contributed by atoms with van der Waals surface area (Å²) in [6, 6.07) is 7.48. The Morgan fingerprint density at radius 3 is 2.69 bits per heavy atom. The second-order valence-electron chi connectivity index (χ2n) is 2.78. The summed E-state index contributed by atoms with van der Waals surface area (Å²) in [6.07, 6.45) is 1.28. The third-order valence-electron chi connectivity index (χ3n) is 1.47. The number of hydrogen-bond donors (Lipinski definition) is 1. The molecule has 0 aromatic heterocycles. The number of benzene rings is 1. The maximum atomic E-state index is 11.0. The van der Waals surface area contributed by atoms with E-state index < -0.39 is 22.7 Å². The third kappa shape index (κ3) is 3.94. The van der Waals surface area contributed by atoms with E-state index in [0.717, 1.165) is 9.91 Å². The molecule has 0 saturated heterocycles. The van der Waals surface area contributed by atoms with Gasteiger partial charge in [0.2, 0.25) is 0 Å². The summed E-state index contributed by atoms with van der Waals surface area (Å²) in [4.78, 5) is 0. The minimum absolute atomic E-state index is 0.462. The zero-order valence-corrected chi connectivity index (χ0v) is 10.2. The van der Waals surface area contributed by atoms with Crippen LogP contribution >= 0.6 is 0 Å². The Bertz CT molecular complexity index is 389. The van der Waals surface area contributed by atoms with E-state index in [0.29, 0.717) is 6.54 Å². The van der Waals surface area contributed by atoms with E-state index in [1.165, 1.54) is 6.26 Å². The van der Waals surface area contributed by atoms with Crippen molar-refractivity contribution in [2.45, 2.75) is 6.54 Å². The van der Waals surface area contributed by atoms with Crippen LogP contribution in [0.3, 0.4) is 0 Å². The van der Waals surface area contributed by atoms with Gasteiger partial charge in [0.25, 0.3) is 0 Å². The van der Waals surface area contributed by atoms with Crippen LogP contribution < -0.4 is 10.1 Å². The predicted octanol–water partition coefficient (Wildman–Crippen LogP) is -0.833. The quantitative estimate of drug-likeness (QED) is 0.722. The van der Waals surface area contributed by atoms with Gasteiger partial charge in [-0.15, -0.1) is 0 Å². The summed E-state index contributed by atoms with van der Waals surface area (Å²) >= 11 is -1.06. The molecule has 0 saturated carbocycles. The Kier molecular flexibility index (Phi) is 3.53. The van der Waals surface area contributed by atoms with Crippen molar-refractivity contribution in [2.75, 3.05) is 6.26 Å². The summed E-state index contributed by atoms with van der Waals surface area (Å²) in [7, 11) is -2.82. The Labute approximate surface area is 83.9 Å². The van der Waals surface area contributed by atoms with E-state index in [9.17, 15) is 8.42 Å². The van der Waals surface area contributed by atoms with Gasteiger partial charge in [0.1, 0.15) is 0 Å². The van der Waals surface area contributed by atoms with Crippen LogP contribution in [-0.2, 0) is 14.6 Å². The first-order valence-electron chi connectivity index (χ1n) is 3.78. The molecular weight excluding hydrogens is 249 g/mol. The predicted molar refractivity (Wildman–Crippen MR) is 56.0 cm³/mol. The molecule has 5 heteroatoms. The van der Waals surface area contributed by atoms with Gasteiger partial charge >= 0.3 is 83.8 Å². The zero-order chi connectivity index (χ0) is 9.90. The SMILES string of the molecule is CS(=O)(=O)[AsH]c1cccc(CN)c1. The molecule has 0 aliphatic heterocycles. The maximum absolute atomic E-state index is 11.0. The average molecular weight is 261 g/mol. The van der Waals surface area contributed by atoms with Gasteiger partial charge in [-0.05, 0) is 0 Å². The molecule has 1 rings (SSSR count). The van der Waals surface area contributed by atoms with Crippen molar-refractivity contribution in [3.8, 4) is 0 Å². The summed E-state index contributed by atoms with van der Waals surface area (Å²) < 4.78 is 23.0. The van der Waals surface area contributed by atoms with Crippen molar-refractivity contribution < 1.29 is 8.42 Å². The van der Waals surface area contributed by atoms with Crippen molar-refractivity contribution in [3.63, 3.8) is 0 Å². The Balaban J connectivity index is 2.90. The second kappa shape index (κ2) is 4.27. The third-order valence-corrected chi connectivity index (χ3v) is 6.54. The molecule has 0 aliphatic carbocycles. The van der Waals surface area contributed by atoms with E-state index >= 15 is 0 Å². The van der Waals surface area contributed by atoms with Crippen LogP contribution in [-0.4, -0.2) is 29.3 Å². The number of rotatable bonds is 3. The molecule has 0 radical (unpaired) electrons. The van der Waals surface area contributed by atoms with E-state index in [1.54, 1.807) is 0 Å². The fraction of sp³-hybridized carbons (Fsp3) is 0.250. The first-order valence-corrected chi connectivity index (χ1v) is 9.29. The molecule has 0 fully saturated rings. The van der Waals surface area contributed by atoms with Gasteiger partial charge in [0, 0.05) is 0 Å². The molecular formula is C8H12AsNO2S. The standard InChI is InChI=1S/C8H12AsNO2S/c1-13(11,12)9-8-4-2-3-7(5-8)6-10/h2-5,9H,6,10H2,1H3. The van der Waals surface area contributed by atoms with Crippen LogP contribution in [0.1, 0.15) is 5.56 Å².